The van der Waals surface area contributed by atoms with Crippen molar-refractivity contribution in [3.8, 4) is 35.8 Å². The van der Waals surface area contributed by atoms with Crippen LogP contribution in [0.5, 0.6) is 0 Å². The molecule has 2 aromatic carbocycles. The lowest BCUT2D eigenvalue weighted by molar-refractivity contribution is -0.354. The maximum absolute atomic E-state index is 14.5. The van der Waals surface area contributed by atoms with Crippen LogP contribution in [0.2, 0.25) is 0 Å². The highest BCUT2D eigenvalue weighted by atomic mass is 19.4. The zero-order valence-electron chi connectivity index (χ0n) is 20.2. The lowest BCUT2D eigenvalue weighted by Gasteiger charge is -2.46. The van der Waals surface area contributed by atoms with Crippen LogP contribution in [0.25, 0.3) is 11.1 Å². The van der Waals surface area contributed by atoms with E-state index in [0.717, 1.165) is 36.4 Å². The van der Waals surface area contributed by atoms with Crippen molar-refractivity contribution in [3.05, 3.63) is 94.0 Å². The summed E-state index contributed by atoms with van der Waals surface area (Å²) in [6.45, 7) is 0. The monoisotopic (exact) mass is 566 g/mol. The van der Waals surface area contributed by atoms with Crippen molar-refractivity contribution in [2.75, 3.05) is 0 Å². The van der Waals surface area contributed by atoms with Gasteiger partial charge in [-0.25, -0.2) is 9.80 Å². The topological polar surface area (TPSA) is 74.8 Å². The second kappa shape index (κ2) is 8.83. The van der Waals surface area contributed by atoms with Gasteiger partial charge in [-0.3, -0.25) is 19.2 Å². The van der Waals surface area contributed by atoms with E-state index in [0.29, 0.717) is 0 Å². The lowest BCUT2D eigenvalue weighted by atomic mass is 10.0. The number of terminal acetylenes is 2. The maximum Gasteiger partial charge on any atom is 0.441 e. The van der Waals surface area contributed by atoms with Gasteiger partial charge in [-0.15, -0.1) is 12.8 Å². The Morgan fingerprint density at radius 1 is 0.537 bits per heavy atom. The Hall–Kier alpha value is -5.36. The molecule has 0 N–H and O–H groups in total. The van der Waals surface area contributed by atoms with E-state index in [2.05, 4.69) is 24.3 Å². The van der Waals surface area contributed by atoms with Gasteiger partial charge in [-0.05, 0) is 53.6 Å². The minimum atomic E-state index is -6.57. The average Bonchev–Trinajstić information content (AvgIpc) is 3.32. The second-order valence-corrected chi connectivity index (χ2v) is 8.95. The Bertz CT molecular complexity index is 1670. The molecule has 0 unspecified atom stereocenters. The number of carbonyl (C=O) groups is 4. The number of hydrogen-bond acceptors (Lipinski definition) is 4. The number of amides is 4. The predicted molar refractivity (Wildman–Crippen MR) is 130 cm³/mol. The van der Waals surface area contributed by atoms with Crippen molar-refractivity contribution in [3.63, 3.8) is 0 Å². The third-order valence-corrected chi connectivity index (χ3v) is 6.66. The fourth-order valence-electron chi connectivity index (χ4n) is 4.69. The van der Waals surface area contributed by atoms with Crippen LogP contribution in [0.4, 0.5) is 26.3 Å². The third-order valence-electron chi connectivity index (χ3n) is 6.66. The van der Waals surface area contributed by atoms with Crippen LogP contribution < -0.4 is 0 Å². The van der Waals surface area contributed by atoms with E-state index in [1.165, 1.54) is 11.1 Å². The largest absolute Gasteiger partial charge is 0.441 e. The number of halogens is 6. The van der Waals surface area contributed by atoms with E-state index in [4.69, 9.17) is 12.8 Å². The molecule has 0 atom stereocenters. The molecular weight excluding hydrogens is 554 g/mol. The number of imide groups is 2. The van der Waals surface area contributed by atoms with Crippen LogP contribution in [-0.2, 0) is 0 Å². The van der Waals surface area contributed by atoms with Crippen LogP contribution >= 0.6 is 0 Å². The van der Waals surface area contributed by atoms with Gasteiger partial charge in [0, 0.05) is 11.1 Å². The molecule has 0 bridgehead atoms. The molecule has 2 heterocycles. The maximum atomic E-state index is 14.5. The molecule has 0 spiro atoms. The van der Waals surface area contributed by atoms with Gasteiger partial charge in [0.05, 0.1) is 22.3 Å². The highest BCUT2D eigenvalue weighted by molar-refractivity contribution is 6.25. The molecule has 0 aromatic heterocycles. The van der Waals surface area contributed by atoms with E-state index >= 15 is 0 Å². The van der Waals surface area contributed by atoms with Crippen molar-refractivity contribution in [2.24, 2.45) is 0 Å². The predicted octanol–water partition coefficient (Wildman–Crippen LogP) is 5.03. The van der Waals surface area contributed by atoms with Crippen LogP contribution in [0.3, 0.4) is 0 Å². The summed E-state index contributed by atoms with van der Waals surface area (Å²) >= 11 is 0. The van der Waals surface area contributed by atoms with Crippen molar-refractivity contribution < 1.29 is 45.5 Å². The number of alkyl halides is 6. The second-order valence-electron chi connectivity index (χ2n) is 8.95. The fraction of sp³-hybridized carbons (Fsp3) is 0.103. The van der Waals surface area contributed by atoms with E-state index in [1.54, 1.807) is 0 Å². The Balaban J connectivity index is 0.000000490. The first-order valence-electron chi connectivity index (χ1n) is 11.4. The molecular formula is C29H12F6N2O4. The average molecular weight is 566 g/mol. The quantitative estimate of drug-likeness (QED) is 0.194. The molecule has 0 radical (unpaired) electrons. The zero-order chi connectivity index (χ0) is 30.1. The highest BCUT2D eigenvalue weighted by Gasteiger charge is 2.83. The molecule has 4 aliphatic rings. The first kappa shape index (κ1) is 27.2. The Labute approximate surface area is 227 Å². The summed E-state index contributed by atoms with van der Waals surface area (Å²) in [5, 5.41) is 0. The van der Waals surface area contributed by atoms with Gasteiger partial charge in [0.2, 0.25) is 0 Å². The normalized spacial score (nSPS) is 15.1. The number of fused-ring (bicyclic) bond motifs is 3. The summed E-state index contributed by atoms with van der Waals surface area (Å²) in [6.07, 6.45) is -2.83. The molecule has 2 aliphatic heterocycles. The van der Waals surface area contributed by atoms with E-state index in [9.17, 15) is 45.5 Å². The van der Waals surface area contributed by atoms with Gasteiger partial charge in [0.25, 0.3) is 23.6 Å². The Morgan fingerprint density at radius 2 is 0.902 bits per heavy atom. The molecule has 12 heteroatoms. The first-order valence-corrected chi connectivity index (χ1v) is 11.4. The van der Waals surface area contributed by atoms with Crippen molar-refractivity contribution in [2.45, 2.75) is 18.0 Å². The SMILES string of the molecule is C#Cc1ccc2c(c1)C(=O)N(C(N1C(=O)c3ccc(C#C)cc3C1=O)(C(F)(F)F)C(F)(F)F)C2=O.c1cc2cc-2c1. The summed E-state index contributed by atoms with van der Waals surface area (Å²) in [5.74, 6) is -4.06. The molecule has 0 saturated carbocycles. The molecule has 0 fully saturated rings. The van der Waals surface area contributed by atoms with Gasteiger partial charge in [0.1, 0.15) is 0 Å². The highest BCUT2D eigenvalue weighted by Crippen LogP contribution is 2.54. The van der Waals surface area contributed by atoms with Gasteiger partial charge in [-0.1, -0.05) is 30.0 Å². The zero-order valence-corrected chi connectivity index (χ0v) is 20.2. The summed E-state index contributed by atoms with van der Waals surface area (Å²) in [4.78, 5) is 49.2. The summed E-state index contributed by atoms with van der Waals surface area (Å²) in [6, 6.07) is 13.6. The molecule has 6 nitrogen and oxygen atoms in total. The molecule has 204 valence electrons. The van der Waals surface area contributed by atoms with Gasteiger partial charge in [-0.2, -0.15) is 26.3 Å². The summed E-state index contributed by atoms with van der Waals surface area (Å²) < 4.78 is 87.2. The van der Waals surface area contributed by atoms with Crippen molar-refractivity contribution in [1.82, 2.24) is 9.80 Å². The van der Waals surface area contributed by atoms with E-state index in [1.807, 2.05) is 11.8 Å². The number of rotatable bonds is 2. The Kier molecular flexibility index (Phi) is 5.86. The van der Waals surface area contributed by atoms with Crippen molar-refractivity contribution in [1.29, 1.82) is 0 Å². The van der Waals surface area contributed by atoms with Gasteiger partial charge in [0.15, 0.2) is 0 Å². The van der Waals surface area contributed by atoms with Crippen molar-refractivity contribution >= 4 is 23.6 Å². The van der Waals surface area contributed by atoms with E-state index in [-0.39, 0.29) is 11.1 Å². The van der Waals surface area contributed by atoms with Crippen LogP contribution in [0, 0.1) is 24.7 Å². The lowest BCUT2D eigenvalue weighted by Crippen LogP contribution is -2.78. The number of carbonyl (C=O) groups excluding carboxylic acids is 4. The molecule has 41 heavy (non-hydrogen) atoms. The van der Waals surface area contributed by atoms with Crippen LogP contribution in [-0.4, -0.2) is 51.4 Å². The fourth-order valence-corrected chi connectivity index (χ4v) is 4.69. The van der Waals surface area contributed by atoms with E-state index < -0.39 is 73.7 Å². The summed E-state index contributed by atoms with van der Waals surface area (Å²) in [5.41, 5.74) is -6.39. The molecule has 4 amide bonds. The first-order chi connectivity index (χ1) is 19.2. The van der Waals surface area contributed by atoms with Crippen LogP contribution in [0.15, 0.2) is 60.7 Å². The summed E-state index contributed by atoms with van der Waals surface area (Å²) in [7, 11) is 0. The molecule has 2 aromatic rings. The smallest absolute Gasteiger partial charge is 0.268 e. The Morgan fingerprint density at radius 3 is 1.17 bits per heavy atom. The number of benzene rings is 3. The number of hydrogen-bond donors (Lipinski definition) is 0. The molecule has 6 rings (SSSR count). The molecule has 2 aliphatic carbocycles. The number of nitrogens with zero attached hydrogens (tertiary/aromatic N) is 2. The minimum absolute atomic E-state index is 0.112. The standard InChI is InChI=1S/C23H8F6N2O4.C6H4/c1-3-11-5-7-13-15(9-11)19(34)30(17(13)32)21(22(24,25)26,23(27,28)29)31-18(33)14-8-6-12(4-2)10-16(14)20(31)35;1-2-5-4-6(5)3-1/h1-2,5-10H;1-4H. The van der Waals surface area contributed by atoms with Gasteiger partial charge >= 0.3 is 18.0 Å². The third kappa shape index (κ3) is 3.79. The molecule has 0 saturated heterocycles. The minimum Gasteiger partial charge on any atom is -0.268 e. The van der Waals surface area contributed by atoms with Crippen LogP contribution in [0.1, 0.15) is 52.6 Å². The van der Waals surface area contributed by atoms with Gasteiger partial charge < -0.3 is 0 Å².